The molecule has 2 aromatic rings. The van der Waals surface area contributed by atoms with E-state index in [1.54, 1.807) is 0 Å². The van der Waals surface area contributed by atoms with E-state index in [2.05, 4.69) is 49.2 Å². The molecule has 0 bridgehead atoms. The second-order valence-electron chi connectivity index (χ2n) is 6.96. The summed E-state index contributed by atoms with van der Waals surface area (Å²) in [6, 6.07) is 10.4. The highest BCUT2D eigenvalue weighted by Gasteiger charge is 2.22. The van der Waals surface area contributed by atoms with Gasteiger partial charge in [0.15, 0.2) is 5.82 Å². The van der Waals surface area contributed by atoms with Crippen LogP contribution in [0.2, 0.25) is 0 Å². The second kappa shape index (κ2) is 7.76. The Labute approximate surface area is 154 Å². The molecular weight excluding hydrogens is 328 g/mol. The predicted octanol–water partition coefficient (Wildman–Crippen LogP) is 2.04. The molecule has 138 valence electrons. The number of carbonyl (C=O) groups is 1. The van der Waals surface area contributed by atoms with Crippen LogP contribution in [0.1, 0.15) is 30.9 Å². The molecule has 3 heterocycles. The third-order valence-corrected chi connectivity index (χ3v) is 5.27. The Balaban J connectivity index is 1.29. The number of fused-ring (bicyclic) bond motifs is 1. The molecular formula is C19H26N6O. The van der Waals surface area contributed by atoms with E-state index in [4.69, 9.17) is 0 Å². The first-order chi connectivity index (χ1) is 12.8. The standard InChI is InChI=1S/C19H26N6O/c26-19(20-15-18-22-21-17-9-5-2-6-10-25(17)18)24-13-11-23(12-14-24)16-7-3-1-4-8-16/h1,3-4,7-8H,2,5-6,9-15H2,(H,20,26). The summed E-state index contributed by atoms with van der Waals surface area (Å²) in [5, 5.41) is 11.6. The number of aromatic nitrogens is 3. The summed E-state index contributed by atoms with van der Waals surface area (Å²) in [4.78, 5) is 16.7. The number of amides is 2. The number of nitrogens with one attached hydrogen (secondary N) is 1. The van der Waals surface area contributed by atoms with Gasteiger partial charge in [0.05, 0.1) is 6.54 Å². The van der Waals surface area contributed by atoms with Gasteiger partial charge in [-0.1, -0.05) is 24.6 Å². The molecule has 2 aliphatic heterocycles. The number of para-hydroxylation sites is 1. The van der Waals surface area contributed by atoms with Gasteiger partial charge in [-0.2, -0.15) is 0 Å². The molecule has 4 rings (SSSR count). The van der Waals surface area contributed by atoms with Crippen molar-refractivity contribution in [1.82, 2.24) is 25.0 Å². The highest BCUT2D eigenvalue weighted by atomic mass is 16.2. The van der Waals surface area contributed by atoms with Gasteiger partial charge in [0.2, 0.25) is 0 Å². The number of piperazine rings is 1. The quantitative estimate of drug-likeness (QED) is 0.916. The van der Waals surface area contributed by atoms with Crippen LogP contribution in [0.15, 0.2) is 30.3 Å². The van der Waals surface area contributed by atoms with Gasteiger partial charge in [-0.3, -0.25) is 0 Å². The van der Waals surface area contributed by atoms with E-state index in [9.17, 15) is 4.79 Å². The van der Waals surface area contributed by atoms with Gasteiger partial charge in [0.25, 0.3) is 0 Å². The molecule has 26 heavy (non-hydrogen) atoms. The molecule has 1 aromatic carbocycles. The third kappa shape index (κ3) is 3.66. The second-order valence-corrected chi connectivity index (χ2v) is 6.96. The highest BCUT2D eigenvalue weighted by molar-refractivity contribution is 5.74. The number of nitrogens with zero attached hydrogens (tertiary/aromatic N) is 5. The van der Waals surface area contributed by atoms with Crippen LogP contribution >= 0.6 is 0 Å². The minimum Gasteiger partial charge on any atom is -0.368 e. The molecule has 7 heteroatoms. The van der Waals surface area contributed by atoms with E-state index in [1.165, 1.54) is 18.5 Å². The topological polar surface area (TPSA) is 66.3 Å². The van der Waals surface area contributed by atoms with E-state index >= 15 is 0 Å². The molecule has 0 radical (unpaired) electrons. The lowest BCUT2D eigenvalue weighted by molar-refractivity contribution is 0.193. The maximum Gasteiger partial charge on any atom is 0.317 e. The summed E-state index contributed by atoms with van der Waals surface area (Å²) in [7, 11) is 0. The van der Waals surface area contributed by atoms with Crippen LogP contribution in [0.5, 0.6) is 0 Å². The van der Waals surface area contributed by atoms with Crippen molar-refractivity contribution in [1.29, 1.82) is 0 Å². The molecule has 0 atom stereocenters. The average Bonchev–Trinajstić information content (AvgIpc) is 2.93. The maximum atomic E-state index is 12.5. The van der Waals surface area contributed by atoms with Crippen LogP contribution in [-0.2, 0) is 19.5 Å². The number of rotatable bonds is 3. The molecule has 0 saturated carbocycles. The SMILES string of the molecule is O=C(NCc1nnc2n1CCCCC2)N1CCN(c2ccccc2)CC1. The summed E-state index contributed by atoms with van der Waals surface area (Å²) in [6.45, 7) is 4.60. The van der Waals surface area contributed by atoms with Crippen molar-refractivity contribution in [3.8, 4) is 0 Å². The van der Waals surface area contributed by atoms with Crippen molar-refractivity contribution in [3.05, 3.63) is 42.0 Å². The van der Waals surface area contributed by atoms with Crippen LogP contribution < -0.4 is 10.2 Å². The lowest BCUT2D eigenvalue weighted by atomic mass is 10.2. The summed E-state index contributed by atoms with van der Waals surface area (Å²) in [5.41, 5.74) is 1.22. The summed E-state index contributed by atoms with van der Waals surface area (Å²) in [5.74, 6) is 1.93. The zero-order valence-electron chi connectivity index (χ0n) is 15.1. The van der Waals surface area contributed by atoms with E-state index < -0.39 is 0 Å². The van der Waals surface area contributed by atoms with Gasteiger partial charge in [0.1, 0.15) is 5.82 Å². The third-order valence-electron chi connectivity index (χ3n) is 5.27. The van der Waals surface area contributed by atoms with Crippen molar-refractivity contribution in [3.63, 3.8) is 0 Å². The van der Waals surface area contributed by atoms with E-state index in [-0.39, 0.29) is 6.03 Å². The van der Waals surface area contributed by atoms with Crippen LogP contribution in [0.4, 0.5) is 10.5 Å². The zero-order chi connectivity index (χ0) is 17.8. The van der Waals surface area contributed by atoms with Crippen molar-refractivity contribution in [2.45, 2.75) is 38.8 Å². The minimum atomic E-state index is -0.0105. The molecule has 0 unspecified atom stereocenters. The largest absolute Gasteiger partial charge is 0.368 e. The minimum absolute atomic E-state index is 0.0105. The lowest BCUT2D eigenvalue weighted by Crippen LogP contribution is -2.51. The first kappa shape index (κ1) is 16.9. The highest BCUT2D eigenvalue weighted by Crippen LogP contribution is 2.16. The normalized spacial score (nSPS) is 17.5. The Morgan fingerprint density at radius 1 is 0.962 bits per heavy atom. The first-order valence-electron chi connectivity index (χ1n) is 9.55. The summed E-state index contributed by atoms with van der Waals surface area (Å²) >= 11 is 0. The number of hydrogen-bond donors (Lipinski definition) is 1. The zero-order valence-corrected chi connectivity index (χ0v) is 15.1. The molecule has 1 saturated heterocycles. The predicted molar refractivity (Wildman–Crippen MR) is 100 cm³/mol. The fourth-order valence-electron chi connectivity index (χ4n) is 3.75. The molecule has 1 fully saturated rings. The molecule has 2 amide bonds. The number of hydrogen-bond acceptors (Lipinski definition) is 4. The fraction of sp³-hybridized carbons (Fsp3) is 0.526. The monoisotopic (exact) mass is 354 g/mol. The molecule has 0 spiro atoms. The van der Waals surface area contributed by atoms with Crippen LogP contribution in [-0.4, -0.2) is 51.9 Å². The van der Waals surface area contributed by atoms with E-state index in [0.29, 0.717) is 6.54 Å². The average molecular weight is 354 g/mol. The number of aryl methyl sites for hydroxylation is 1. The van der Waals surface area contributed by atoms with E-state index in [0.717, 1.165) is 57.2 Å². The Kier molecular flexibility index (Phi) is 5.04. The van der Waals surface area contributed by atoms with Crippen LogP contribution in [0, 0.1) is 0 Å². The Bertz CT molecular complexity index is 736. The fourth-order valence-corrected chi connectivity index (χ4v) is 3.75. The van der Waals surface area contributed by atoms with Gasteiger partial charge >= 0.3 is 6.03 Å². The smallest absolute Gasteiger partial charge is 0.317 e. The van der Waals surface area contributed by atoms with E-state index in [1.807, 2.05) is 11.0 Å². The van der Waals surface area contributed by atoms with Crippen molar-refractivity contribution < 1.29 is 4.79 Å². The van der Waals surface area contributed by atoms with Gasteiger partial charge in [-0.25, -0.2) is 4.79 Å². The summed E-state index contributed by atoms with van der Waals surface area (Å²) < 4.78 is 2.18. The van der Waals surface area contributed by atoms with Gasteiger partial charge in [-0.15, -0.1) is 10.2 Å². The van der Waals surface area contributed by atoms with Gasteiger partial charge < -0.3 is 19.7 Å². The van der Waals surface area contributed by atoms with Crippen LogP contribution in [0.3, 0.4) is 0 Å². The maximum absolute atomic E-state index is 12.5. The summed E-state index contributed by atoms with van der Waals surface area (Å²) in [6.07, 6.45) is 4.56. The number of anilines is 1. The van der Waals surface area contributed by atoms with Crippen LogP contribution in [0.25, 0.3) is 0 Å². The lowest BCUT2D eigenvalue weighted by Gasteiger charge is -2.36. The molecule has 2 aliphatic rings. The number of carbonyl (C=O) groups excluding carboxylic acids is 1. The Hall–Kier alpha value is -2.57. The van der Waals surface area contributed by atoms with Gasteiger partial charge in [-0.05, 0) is 25.0 Å². The van der Waals surface area contributed by atoms with Crippen molar-refractivity contribution in [2.24, 2.45) is 0 Å². The Morgan fingerprint density at radius 2 is 1.77 bits per heavy atom. The van der Waals surface area contributed by atoms with Crippen molar-refractivity contribution in [2.75, 3.05) is 31.1 Å². The number of benzene rings is 1. The van der Waals surface area contributed by atoms with Crippen molar-refractivity contribution >= 4 is 11.7 Å². The van der Waals surface area contributed by atoms with Gasteiger partial charge in [0, 0.05) is 44.8 Å². The molecule has 1 N–H and O–H groups in total. The molecule has 0 aliphatic carbocycles. The Morgan fingerprint density at radius 3 is 2.58 bits per heavy atom. The molecule has 7 nitrogen and oxygen atoms in total. The first-order valence-corrected chi connectivity index (χ1v) is 9.55. The number of urea groups is 1. The molecule has 1 aromatic heterocycles.